The van der Waals surface area contributed by atoms with Crippen LogP contribution >= 0.6 is 11.6 Å². The molecule has 1 N–H and O–H groups in total. The quantitative estimate of drug-likeness (QED) is 0.441. The highest BCUT2D eigenvalue weighted by molar-refractivity contribution is 6.32. The van der Waals surface area contributed by atoms with Crippen molar-refractivity contribution in [1.82, 2.24) is 30.2 Å². The normalized spacial score (nSPS) is 11.7. The minimum Gasteiger partial charge on any atom is -0.497 e. The first kappa shape index (κ1) is 20.5. The molecule has 0 fully saturated rings. The lowest BCUT2D eigenvalue weighted by molar-refractivity contribution is 0.193. The molecule has 0 aliphatic rings. The van der Waals surface area contributed by atoms with Crippen LogP contribution in [0.1, 0.15) is 6.92 Å². The molecule has 0 aliphatic carbocycles. The van der Waals surface area contributed by atoms with Crippen LogP contribution in [-0.2, 0) is 6.54 Å². The summed E-state index contributed by atoms with van der Waals surface area (Å²) in [4.78, 5) is 8.81. The van der Waals surface area contributed by atoms with Crippen LogP contribution < -0.4 is 14.8 Å². The van der Waals surface area contributed by atoms with E-state index in [0.717, 1.165) is 22.6 Å². The molecule has 1 atom stereocenters. The third kappa shape index (κ3) is 5.26. The van der Waals surface area contributed by atoms with Crippen molar-refractivity contribution in [2.75, 3.05) is 12.4 Å². The van der Waals surface area contributed by atoms with Gasteiger partial charge in [-0.15, -0.1) is 5.10 Å². The summed E-state index contributed by atoms with van der Waals surface area (Å²) < 4.78 is 12.8. The monoisotopic (exact) mass is 437 g/mol. The lowest BCUT2D eigenvalue weighted by Gasteiger charge is -2.16. The predicted octanol–water partition coefficient (Wildman–Crippen LogP) is 4.00. The van der Waals surface area contributed by atoms with Crippen molar-refractivity contribution in [2.45, 2.75) is 19.6 Å². The minimum atomic E-state index is -0.179. The maximum absolute atomic E-state index is 6.33. The van der Waals surface area contributed by atoms with E-state index in [0.29, 0.717) is 23.3 Å². The van der Waals surface area contributed by atoms with Crippen LogP contribution in [0.25, 0.3) is 11.1 Å². The lowest BCUT2D eigenvalue weighted by Crippen LogP contribution is -2.20. The zero-order chi connectivity index (χ0) is 21.6. The fourth-order valence-electron chi connectivity index (χ4n) is 2.93. The number of tetrazole rings is 1. The number of methoxy groups -OCH3 is 1. The Morgan fingerprint density at radius 1 is 1.10 bits per heavy atom. The van der Waals surface area contributed by atoms with Gasteiger partial charge in [0.05, 0.1) is 18.7 Å². The summed E-state index contributed by atoms with van der Waals surface area (Å²) in [5.41, 5.74) is 2.57. The molecule has 2 aromatic heterocycles. The van der Waals surface area contributed by atoms with Crippen LogP contribution in [0.3, 0.4) is 0 Å². The molecule has 0 saturated carbocycles. The van der Waals surface area contributed by atoms with Crippen LogP contribution in [-0.4, -0.2) is 43.4 Å². The number of nitrogens with zero attached hydrogens (tertiary/aromatic N) is 6. The SMILES string of the molecule is COc1cccc(Nc2ncc(-c3ccc(Cl)c(O[C@@H](C)Cn4cnnn4)c3)cn2)c1. The Hall–Kier alpha value is -3.72. The largest absolute Gasteiger partial charge is 0.497 e. The Balaban J connectivity index is 1.47. The molecule has 158 valence electrons. The number of hydrogen-bond acceptors (Lipinski definition) is 8. The third-order valence-electron chi connectivity index (χ3n) is 4.41. The Morgan fingerprint density at radius 2 is 1.94 bits per heavy atom. The molecule has 2 heterocycles. The van der Waals surface area contributed by atoms with Crippen molar-refractivity contribution >= 4 is 23.2 Å². The molecule has 0 radical (unpaired) electrons. The van der Waals surface area contributed by atoms with Crippen molar-refractivity contribution in [2.24, 2.45) is 0 Å². The number of anilines is 2. The van der Waals surface area contributed by atoms with E-state index in [1.807, 2.05) is 43.3 Å². The zero-order valence-electron chi connectivity index (χ0n) is 16.9. The smallest absolute Gasteiger partial charge is 0.227 e. The summed E-state index contributed by atoms with van der Waals surface area (Å²) in [6.07, 6.45) is 4.85. The van der Waals surface area contributed by atoms with E-state index in [4.69, 9.17) is 21.1 Å². The van der Waals surface area contributed by atoms with Gasteiger partial charge in [0.25, 0.3) is 0 Å². The third-order valence-corrected chi connectivity index (χ3v) is 4.72. The van der Waals surface area contributed by atoms with E-state index in [1.165, 1.54) is 6.33 Å². The van der Waals surface area contributed by atoms with E-state index < -0.39 is 0 Å². The summed E-state index contributed by atoms with van der Waals surface area (Å²) in [5, 5.41) is 14.8. The van der Waals surface area contributed by atoms with Gasteiger partial charge >= 0.3 is 0 Å². The van der Waals surface area contributed by atoms with Gasteiger partial charge in [-0.2, -0.15) is 0 Å². The summed E-state index contributed by atoms with van der Waals surface area (Å²) in [7, 11) is 1.63. The molecule has 4 aromatic rings. The summed E-state index contributed by atoms with van der Waals surface area (Å²) in [6.45, 7) is 2.42. The maximum Gasteiger partial charge on any atom is 0.227 e. The second-order valence-corrected chi connectivity index (χ2v) is 7.17. The number of benzene rings is 2. The van der Waals surface area contributed by atoms with Crippen molar-refractivity contribution in [3.05, 3.63) is 66.2 Å². The van der Waals surface area contributed by atoms with Crippen molar-refractivity contribution in [3.63, 3.8) is 0 Å². The number of aromatic nitrogens is 6. The lowest BCUT2D eigenvalue weighted by atomic mass is 10.1. The molecule has 0 unspecified atom stereocenters. The Bertz CT molecular complexity index is 1140. The Kier molecular flexibility index (Phi) is 6.23. The number of halogens is 1. The molecule has 9 nitrogen and oxygen atoms in total. The van der Waals surface area contributed by atoms with Gasteiger partial charge < -0.3 is 14.8 Å². The van der Waals surface area contributed by atoms with Crippen LogP contribution in [0.4, 0.5) is 11.6 Å². The van der Waals surface area contributed by atoms with E-state index in [1.54, 1.807) is 30.3 Å². The predicted molar refractivity (Wildman–Crippen MR) is 117 cm³/mol. The fraction of sp³-hybridized carbons (Fsp3) is 0.190. The van der Waals surface area contributed by atoms with Crippen molar-refractivity contribution in [1.29, 1.82) is 0 Å². The van der Waals surface area contributed by atoms with Crippen molar-refractivity contribution < 1.29 is 9.47 Å². The highest BCUT2D eigenvalue weighted by atomic mass is 35.5. The van der Waals surface area contributed by atoms with Gasteiger partial charge in [-0.05, 0) is 47.2 Å². The summed E-state index contributed by atoms with van der Waals surface area (Å²) in [6, 6.07) is 13.1. The molecule has 0 saturated heterocycles. The average Bonchev–Trinajstić information content (AvgIpc) is 3.29. The average molecular weight is 438 g/mol. The number of rotatable bonds is 8. The van der Waals surface area contributed by atoms with Gasteiger partial charge in [-0.25, -0.2) is 14.6 Å². The van der Waals surface area contributed by atoms with Gasteiger partial charge in [0, 0.05) is 29.7 Å². The maximum atomic E-state index is 6.33. The van der Waals surface area contributed by atoms with Crippen LogP contribution in [0.2, 0.25) is 5.02 Å². The molecule has 0 amide bonds. The molecular weight excluding hydrogens is 418 g/mol. The first-order chi connectivity index (χ1) is 15.1. The van der Waals surface area contributed by atoms with E-state index in [2.05, 4.69) is 30.8 Å². The van der Waals surface area contributed by atoms with Crippen LogP contribution in [0, 0.1) is 0 Å². The molecule has 0 aliphatic heterocycles. The van der Waals surface area contributed by atoms with E-state index in [-0.39, 0.29) is 6.10 Å². The van der Waals surface area contributed by atoms with Crippen molar-refractivity contribution in [3.8, 4) is 22.6 Å². The molecular formula is C21H20ClN7O2. The number of nitrogens with one attached hydrogen (secondary N) is 1. The zero-order valence-corrected chi connectivity index (χ0v) is 17.7. The molecule has 0 bridgehead atoms. The Labute approximate surface area is 184 Å². The molecule has 2 aromatic carbocycles. The second kappa shape index (κ2) is 9.40. The van der Waals surface area contributed by atoms with Gasteiger partial charge in [-0.3, -0.25) is 0 Å². The first-order valence-electron chi connectivity index (χ1n) is 9.51. The summed E-state index contributed by atoms with van der Waals surface area (Å²) >= 11 is 6.33. The second-order valence-electron chi connectivity index (χ2n) is 6.76. The Morgan fingerprint density at radius 3 is 2.68 bits per heavy atom. The van der Waals surface area contributed by atoms with E-state index >= 15 is 0 Å². The van der Waals surface area contributed by atoms with Gasteiger partial charge in [0.1, 0.15) is 23.9 Å². The highest BCUT2D eigenvalue weighted by Gasteiger charge is 2.11. The summed E-state index contributed by atoms with van der Waals surface area (Å²) in [5.74, 6) is 1.81. The molecule has 4 rings (SSSR count). The first-order valence-corrected chi connectivity index (χ1v) is 9.89. The van der Waals surface area contributed by atoms with Crippen LogP contribution in [0.5, 0.6) is 11.5 Å². The fourth-order valence-corrected chi connectivity index (χ4v) is 3.09. The van der Waals surface area contributed by atoms with Gasteiger partial charge in [-0.1, -0.05) is 23.7 Å². The number of hydrogen-bond donors (Lipinski definition) is 1. The highest BCUT2D eigenvalue weighted by Crippen LogP contribution is 2.31. The molecule has 10 heteroatoms. The van der Waals surface area contributed by atoms with Gasteiger partial charge in [0.15, 0.2) is 0 Å². The van der Waals surface area contributed by atoms with Crippen LogP contribution in [0.15, 0.2) is 61.2 Å². The molecule has 31 heavy (non-hydrogen) atoms. The van der Waals surface area contributed by atoms with Gasteiger partial charge in [0.2, 0.25) is 5.95 Å². The topological polar surface area (TPSA) is 99.9 Å². The minimum absolute atomic E-state index is 0.179. The molecule has 0 spiro atoms. The van der Waals surface area contributed by atoms with E-state index in [9.17, 15) is 0 Å². The number of ether oxygens (including phenoxy) is 2. The standard InChI is InChI=1S/C21H20ClN7O2/c1-14(12-29-13-25-27-28-29)31-20-8-15(6-7-19(20)22)16-10-23-21(24-11-16)26-17-4-3-5-18(9-17)30-2/h3-11,13-14H,12H2,1-2H3,(H,23,24,26)/t14-/m0/s1.